The molecule has 1 nitrogen and oxygen atoms in total. The summed E-state index contributed by atoms with van der Waals surface area (Å²) in [4.78, 5) is 0. The van der Waals surface area contributed by atoms with Crippen molar-refractivity contribution in [3.05, 3.63) is 10.9 Å². The van der Waals surface area contributed by atoms with Crippen LogP contribution in [-0.2, 0) is 4.57 Å². The van der Waals surface area contributed by atoms with Crippen LogP contribution in [0.15, 0.2) is 10.9 Å². The second-order valence-electron chi connectivity index (χ2n) is 4.90. The molecule has 0 radical (unpaired) electrons. The molecule has 0 bridgehead atoms. The smallest absolute Gasteiger partial charge is 0.187 e. The van der Waals surface area contributed by atoms with E-state index in [4.69, 9.17) is 0 Å². The van der Waals surface area contributed by atoms with Gasteiger partial charge in [-0.2, -0.15) is 0 Å². The Kier molecular flexibility index (Phi) is 12.2. The van der Waals surface area contributed by atoms with Crippen LogP contribution in [-0.4, -0.2) is 0 Å². The minimum atomic E-state index is 0.228. The first-order valence-electron chi connectivity index (χ1n) is 7.28. The van der Waals surface area contributed by atoms with Gasteiger partial charge in [0.25, 0.3) is 0 Å². The summed E-state index contributed by atoms with van der Waals surface area (Å²) in [6, 6.07) is 0. The SMILES string of the molecule is CCCCCCC(CCCCCC)=C(C)P=O. The van der Waals surface area contributed by atoms with Crippen LogP contribution in [0.1, 0.15) is 85.0 Å². The molecule has 0 aliphatic heterocycles. The van der Waals surface area contributed by atoms with Crippen molar-refractivity contribution < 1.29 is 4.57 Å². The lowest BCUT2D eigenvalue weighted by molar-refractivity contribution is 0.599. The molecule has 0 amide bonds. The van der Waals surface area contributed by atoms with Gasteiger partial charge >= 0.3 is 0 Å². The third-order valence-corrected chi connectivity index (χ3v) is 3.90. The first kappa shape index (κ1) is 16.8. The van der Waals surface area contributed by atoms with Crippen molar-refractivity contribution in [1.29, 1.82) is 0 Å². The summed E-state index contributed by atoms with van der Waals surface area (Å²) in [6.07, 6.45) is 12.7. The first-order chi connectivity index (χ1) is 8.26. The zero-order valence-corrected chi connectivity index (χ0v) is 12.8. The maximum absolute atomic E-state index is 11.0. The molecule has 0 unspecified atom stereocenters. The highest BCUT2D eigenvalue weighted by Crippen LogP contribution is 2.26. The Bertz CT molecular complexity index is 207. The zero-order chi connectivity index (χ0) is 12.9. The Morgan fingerprint density at radius 1 is 0.824 bits per heavy atom. The molecule has 100 valence electrons. The lowest BCUT2D eigenvalue weighted by Gasteiger charge is -2.08. The molecular formula is C15H29OP. The van der Waals surface area contributed by atoms with Crippen molar-refractivity contribution in [2.75, 3.05) is 0 Å². The Labute approximate surface area is 109 Å². The van der Waals surface area contributed by atoms with Crippen LogP contribution in [0.3, 0.4) is 0 Å². The molecule has 0 saturated carbocycles. The first-order valence-corrected chi connectivity index (χ1v) is 8.09. The molecule has 0 heterocycles. The van der Waals surface area contributed by atoms with E-state index in [9.17, 15) is 4.57 Å². The highest BCUT2D eigenvalue weighted by molar-refractivity contribution is 7.29. The highest BCUT2D eigenvalue weighted by atomic mass is 31.1. The van der Waals surface area contributed by atoms with Gasteiger partial charge in [-0.1, -0.05) is 57.9 Å². The molecule has 2 heteroatoms. The largest absolute Gasteiger partial charge is 0.270 e. The van der Waals surface area contributed by atoms with Crippen LogP contribution in [0, 0.1) is 0 Å². The third kappa shape index (κ3) is 9.53. The number of unbranched alkanes of at least 4 members (excludes halogenated alkanes) is 6. The minimum Gasteiger partial charge on any atom is -0.270 e. The molecule has 0 aromatic heterocycles. The fourth-order valence-electron chi connectivity index (χ4n) is 2.08. The molecule has 17 heavy (non-hydrogen) atoms. The van der Waals surface area contributed by atoms with Gasteiger partial charge in [-0.05, 0) is 32.6 Å². The topological polar surface area (TPSA) is 17.1 Å². The molecule has 0 spiro atoms. The highest BCUT2D eigenvalue weighted by Gasteiger charge is 2.03. The van der Waals surface area contributed by atoms with Crippen molar-refractivity contribution in [2.45, 2.75) is 85.0 Å². The van der Waals surface area contributed by atoms with Crippen LogP contribution in [0.25, 0.3) is 0 Å². The minimum absolute atomic E-state index is 0.228. The summed E-state index contributed by atoms with van der Waals surface area (Å²) in [5.41, 5.74) is 1.45. The predicted molar refractivity (Wildman–Crippen MR) is 77.8 cm³/mol. The van der Waals surface area contributed by atoms with Crippen LogP contribution < -0.4 is 0 Å². The van der Waals surface area contributed by atoms with Crippen LogP contribution in [0.2, 0.25) is 0 Å². The summed E-state index contributed by atoms with van der Waals surface area (Å²) in [5.74, 6) is 0. The van der Waals surface area contributed by atoms with Gasteiger partial charge in [0.05, 0.1) is 0 Å². The number of hydrogen-bond acceptors (Lipinski definition) is 1. The summed E-state index contributed by atoms with van der Waals surface area (Å²) < 4.78 is 11.0. The number of hydrogen-bond donors (Lipinski definition) is 0. The van der Waals surface area contributed by atoms with E-state index in [1.54, 1.807) is 0 Å². The van der Waals surface area contributed by atoms with E-state index in [1.165, 1.54) is 56.9 Å². The van der Waals surface area contributed by atoms with Gasteiger partial charge < -0.3 is 0 Å². The standard InChI is InChI=1S/C15H29OP/c1-4-6-8-10-12-15(14(3)17-16)13-11-9-7-5-2/h4-13H2,1-3H3. The third-order valence-electron chi connectivity index (χ3n) is 3.31. The lowest BCUT2D eigenvalue weighted by atomic mass is 10.00. The Hall–Kier alpha value is -0.160. The maximum atomic E-state index is 11.0. The molecule has 0 N–H and O–H groups in total. The fraction of sp³-hybridized carbons (Fsp3) is 0.867. The van der Waals surface area contributed by atoms with E-state index in [0.717, 1.165) is 18.2 Å². The predicted octanol–water partition coefficient (Wildman–Crippen LogP) is 6.49. The van der Waals surface area contributed by atoms with Crippen molar-refractivity contribution in [2.24, 2.45) is 0 Å². The van der Waals surface area contributed by atoms with E-state index in [1.807, 2.05) is 6.92 Å². The summed E-state index contributed by atoms with van der Waals surface area (Å²) in [6.45, 7) is 6.50. The van der Waals surface area contributed by atoms with Gasteiger partial charge in [-0.25, -0.2) is 0 Å². The maximum Gasteiger partial charge on any atom is 0.187 e. The second-order valence-corrected chi connectivity index (χ2v) is 5.75. The molecule has 0 aromatic rings. The molecule has 0 aromatic carbocycles. The van der Waals surface area contributed by atoms with Gasteiger partial charge in [-0.15, -0.1) is 0 Å². The summed E-state index contributed by atoms with van der Waals surface area (Å²) >= 11 is 0. The van der Waals surface area contributed by atoms with E-state index in [-0.39, 0.29) is 8.46 Å². The Balaban J connectivity index is 3.94. The molecule has 0 rings (SSSR count). The average Bonchev–Trinajstić information content (AvgIpc) is 2.36. The number of rotatable bonds is 11. The van der Waals surface area contributed by atoms with Gasteiger partial charge in [0.1, 0.15) is 0 Å². The fourth-order valence-corrected chi connectivity index (χ4v) is 2.43. The molecular weight excluding hydrogens is 227 g/mol. The second kappa shape index (κ2) is 12.3. The van der Waals surface area contributed by atoms with Gasteiger partial charge in [0, 0.05) is 5.31 Å². The van der Waals surface area contributed by atoms with E-state index >= 15 is 0 Å². The lowest BCUT2D eigenvalue weighted by Crippen LogP contribution is -1.89. The van der Waals surface area contributed by atoms with E-state index in [2.05, 4.69) is 13.8 Å². The van der Waals surface area contributed by atoms with Gasteiger partial charge in [0.15, 0.2) is 8.46 Å². The normalized spacial score (nSPS) is 10.8. The van der Waals surface area contributed by atoms with Crippen LogP contribution in [0.5, 0.6) is 0 Å². The Morgan fingerprint density at radius 3 is 1.65 bits per heavy atom. The van der Waals surface area contributed by atoms with Crippen LogP contribution >= 0.6 is 8.46 Å². The van der Waals surface area contributed by atoms with E-state index in [0.29, 0.717) is 0 Å². The van der Waals surface area contributed by atoms with Crippen LogP contribution in [0.4, 0.5) is 0 Å². The van der Waals surface area contributed by atoms with E-state index < -0.39 is 0 Å². The molecule has 0 atom stereocenters. The average molecular weight is 256 g/mol. The van der Waals surface area contributed by atoms with Gasteiger partial charge in [-0.3, -0.25) is 4.57 Å². The quantitative estimate of drug-likeness (QED) is 0.305. The molecule has 0 aliphatic rings. The van der Waals surface area contributed by atoms with Crippen molar-refractivity contribution in [3.63, 3.8) is 0 Å². The monoisotopic (exact) mass is 256 g/mol. The summed E-state index contributed by atoms with van der Waals surface area (Å²) in [5, 5.41) is 1.08. The number of allylic oxidation sites excluding steroid dienone is 2. The molecule has 0 aliphatic carbocycles. The Morgan fingerprint density at radius 2 is 1.29 bits per heavy atom. The summed E-state index contributed by atoms with van der Waals surface area (Å²) in [7, 11) is 0.228. The van der Waals surface area contributed by atoms with Crippen molar-refractivity contribution in [3.8, 4) is 0 Å². The van der Waals surface area contributed by atoms with Crippen molar-refractivity contribution >= 4 is 8.46 Å². The molecule has 0 fully saturated rings. The zero-order valence-electron chi connectivity index (χ0n) is 11.9. The van der Waals surface area contributed by atoms with Gasteiger partial charge in [0.2, 0.25) is 0 Å². The molecule has 0 saturated heterocycles. The van der Waals surface area contributed by atoms with Crippen molar-refractivity contribution in [1.82, 2.24) is 0 Å².